The van der Waals surface area contributed by atoms with E-state index in [1.807, 2.05) is 30.3 Å². The average molecular weight is 278 g/mol. The molecule has 1 aromatic carbocycles. The Morgan fingerprint density at radius 2 is 2.06 bits per heavy atom. The molecule has 0 aromatic heterocycles. The van der Waals surface area contributed by atoms with E-state index in [1.165, 1.54) is 10.8 Å². The highest BCUT2D eigenvalue weighted by molar-refractivity contribution is 8.75. The second-order valence-electron chi connectivity index (χ2n) is 3.25. The van der Waals surface area contributed by atoms with Gasteiger partial charge < -0.3 is 4.89 Å². The van der Waals surface area contributed by atoms with Crippen molar-refractivity contribution in [1.29, 1.82) is 0 Å². The van der Waals surface area contributed by atoms with Gasteiger partial charge in [0.1, 0.15) is 0 Å². The van der Waals surface area contributed by atoms with E-state index in [4.69, 9.17) is 3.97 Å². The molecule has 16 heavy (non-hydrogen) atoms. The number of hydrogen-bond acceptors (Lipinski definition) is 4. The van der Waals surface area contributed by atoms with Gasteiger partial charge in [-0.05, 0) is 12.0 Å². The van der Waals surface area contributed by atoms with Crippen LogP contribution in [-0.4, -0.2) is 10.6 Å². The predicted molar refractivity (Wildman–Crippen MR) is 71.4 cm³/mol. The Balaban J connectivity index is 2.37. The first-order valence-electron chi connectivity index (χ1n) is 4.97. The Hall–Kier alpha value is 0.0700. The molecular weight excluding hydrogens is 263 g/mol. The summed E-state index contributed by atoms with van der Waals surface area (Å²) in [5.41, 5.74) is 0.814. The fraction of sp³-hybridized carbons (Fsp3) is 0.400. The van der Waals surface area contributed by atoms with Crippen LogP contribution in [0, 0.1) is 0 Å². The molecule has 0 aliphatic rings. The summed E-state index contributed by atoms with van der Waals surface area (Å²) in [6, 6.07) is 9.19. The molecule has 1 atom stereocenters. The van der Waals surface area contributed by atoms with Crippen LogP contribution in [-0.2, 0) is 14.7 Å². The van der Waals surface area contributed by atoms with E-state index in [0.717, 1.165) is 28.8 Å². The number of rotatable bonds is 7. The molecule has 0 spiro atoms. The molecule has 0 aliphatic heterocycles. The highest BCUT2D eigenvalue weighted by Crippen LogP contribution is 2.51. The van der Waals surface area contributed by atoms with E-state index in [9.17, 15) is 9.46 Å². The van der Waals surface area contributed by atoms with E-state index < -0.39 is 7.60 Å². The maximum atomic E-state index is 11.6. The van der Waals surface area contributed by atoms with Gasteiger partial charge in [-0.1, -0.05) is 48.0 Å². The van der Waals surface area contributed by atoms with Crippen molar-refractivity contribution in [3.05, 3.63) is 35.9 Å². The third-order valence-corrected chi connectivity index (χ3v) is 5.66. The lowest BCUT2D eigenvalue weighted by atomic mass is 10.2. The third-order valence-electron chi connectivity index (χ3n) is 1.71. The summed E-state index contributed by atoms with van der Waals surface area (Å²) in [4.78, 5) is 9.57. The minimum Gasteiger partial charge on any atom is -0.323 e. The molecule has 1 aromatic rings. The molecule has 0 fully saturated rings. The highest BCUT2D eigenvalue weighted by atomic mass is 33.1. The molecule has 1 unspecified atom stereocenters. The van der Waals surface area contributed by atoms with Gasteiger partial charge in [-0.3, -0.25) is 4.57 Å². The van der Waals surface area contributed by atoms with E-state index >= 15 is 0 Å². The summed E-state index contributed by atoms with van der Waals surface area (Å²) >= 11 is 1.01. The maximum absolute atomic E-state index is 11.6. The topological polar surface area (TPSA) is 46.5 Å². The van der Waals surface area contributed by atoms with Gasteiger partial charge in [-0.15, -0.1) is 0 Å². The molecule has 6 heteroatoms. The summed E-state index contributed by atoms with van der Waals surface area (Å²) < 4.78 is 16.6. The molecule has 0 amide bonds. The molecule has 1 N–H and O–H groups in total. The van der Waals surface area contributed by atoms with Gasteiger partial charge in [-0.2, -0.15) is 0 Å². The molecule has 0 heterocycles. The Morgan fingerprint density at radius 1 is 1.38 bits per heavy atom. The molecule has 0 aliphatic carbocycles. The molecule has 0 radical (unpaired) electrons. The lowest BCUT2D eigenvalue weighted by Gasteiger charge is -2.09. The lowest BCUT2D eigenvalue weighted by molar-refractivity contribution is 0.401. The van der Waals surface area contributed by atoms with Crippen molar-refractivity contribution < 1.29 is 13.4 Å². The normalized spacial score (nSPS) is 14.6. The molecule has 90 valence electrons. The van der Waals surface area contributed by atoms with E-state index in [-0.39, 0.29) is 6.16 Å². The van der Waals surface area contributed by atoms with Crippen LogP contribution in [0.2, 0.25) is 0 Å². The van der Waals surface area contributed by atoms with Gasteiger partial charge in [0.2, 0.25) is 0 Å². The lowest BCUT2D eigenvalue weighted by Crippen LogP contribution is -1.88. The zero-order chi connectivity index (χ0) is 11.9. The third kappa shape index (κ3) is 5.97. The van der Waals surface area contributed by atoms with Gasteiger partial charge in [0.15, 0.2) is 0 Å². The van der Waals surface area contributed by atoms with Gasteiger partial charge in [-0.25, -0.2) is 3.97 Å². The van der Waals surface area contributed by atoms with Gasteiger partial charge in [0.25, 0.3) is 0 Å². The predicted octanol–water partition coefficient (Wildman–Crippen LogP) is 4.10. The smallest absolute Gasteiger partial charge is 0.323 e. The first kappa shape index (κ1) is 14.1. The van der Waals surface area contributed by atoms with Crippen LogP contribution in [0.1, 0.15) is 18.9 Å². The van der Waals surface area contributed by atoms with Gasteiger partial charge >= 0.3 is 7.60 Å². The summed E-state index contributed by atoms with van der Waals surface area (Å²) in [6.07, 6.45) is 1.09. The first-order chi connectivity index (χ1) is 7.64. The number of hydrogen-bond donors (Lipinski definition) is 1. The number of benzene rings is 1. The molecular formula is C10H15O3PS2. The molecule has 1 rings (SSSR count). The fourth-order valence-corrected chi connectivity index (χ4v) is 4.64. The molecule has 0 saturated carbocycles. The van der Waals surface area contributed by atoms with Crippen LogP contribution in [0.15, 0.2) is 30.3 Å². The maximum Gasteiger partial charge on any atom is 0.344 e. The minimum absolute atomic E-state index is 0.0630. The van der Waals surface area contributed by atoms with Crippen molar-refractivity contribution in [1.82, 2.24) is 0 Å². The SMILES string of the molecule is CCCSSOP(=O)(O)Cc1ccccc1. The van der Waals surface area contributed by atoms with Gasteiger partial charge in [0, 0.05) is 5.75 Å². The Bertz CT molecular complexity index is 345. The molecule has 3 nitrogen and oxygen atoms in total. The average Bonchev–Trinajstić information content (AvgIpc) is 2.25. The van der Waals surface area contributed by atoms with Crippen molar-refractivity contribution in [2.24, 2.45) is 0 Å². The van der Waals surface area contributed by atoms with Crippen molar-refractivity contribution in [2.45, 2.75) is 19.5 Å². The zero-order valence-corrected chi connectivity index (χ0v) is 11.6. The zero-order valence-electron chi connectivity index (χ0n) is 9.04. The summed E-state index contributed by atoms with van der Waals surface area (Å²) in [5.74, 6) is 0.913. The van der Waals surface area contributed by atoms with Gasteiger partial charge in [0.05, 0.1) is 17.2 Å². The van der Waals surface area contributed by atoms with Crippen molar-refractivity contribution in [3.63, 3.8) is 0 Å². The van der Waals surface area contributed by atoms with Crippen LogP contribution < -0.4 is 0 Å². The van der Waals surface area contributed by atoms with E-state index in [2.05, 4.69) is 6.92 Å². The second-order valence-corrected chi connectivity index (χ2v) is 7.33. The van der Waals surface area contributed by atoms with Crippen molar-refractivity contribution in [2.75, 3.05) is 5.75 Å². The quantitative estimate of drug-likeness (QED) is 0.352. The van der Waals surface area contributed by atoms with E-state index in [0.29, 0.717) is 0 Å². The monoisotopic (exact) mass is 278 g/mol. The van der Waals surface area contributed by atoms with E-state index in [1.54, 1.807) is 0 Å². The first-order valence-corrected chi connectivity index (χ1v) is 8.98. The van der Waals surface area contributed by atoms with Crippen molar-refractivity contribution in [3.8, 4) is 0 Å². The van der Waals surface area contributed by atoms with Crippen LogP contribution in [0.5, 0.6) is 0 Å². The van der Waals surface area contributed by atoms with Crippen LogP contribution in [0.3, 0.4) is 0 Å². The van der Waals surface area contributed by atoms with Crippen molar-refractivity contribution >= 4 is 29.5 Å². The summed E-state index contributed by atoms with van der Waals surface area (Å²) in [5, 5.41) is 0. The Labute approximate surface area is 104 Å². The fourth-order valence-electron chi connectivity index (χ4n) is 1.03. The summed E-state index contributed by atoms with van der Waals surface area (Å²) in [6.45, 7) is 2.05. The van der Waals surface area contributed by atoms with Crippen LogP contribution in [0.25, 0.3) is 0 Å². The minimum atomic E-state index is -3.51. The largest absolute Gasteiger partial charge is 0.344 e. The molecule has 0 saturated heterocycles. The Kier molecular flexibility index (Phi) is 6.54. The highest BCUT2D eigenvalue weighted by Gasteiger charge is 2.20. The summed E-state index contributed by atoms with van der Waals surface area (Å²) in [7, 11) is -2.06. The molecule has 0 bridgehead atoms. The standard InChI is InChI=1S/C10H15O3PS2/c1-2-8-15-16-13-14(11,12)9-10-6-4-3-5-7-10/h3-7H,2,8-9H2,1H3,(H,11,12). The Morgan fingerprint density at radius 3 is 2.69 bits per heavy atom. The van der Waals surface area contributed by atoms with Crippen LogP contribution in [0.4, 0.5) is 0 Å². The second kappa shape index (κ2) is 7.41. The van der Waals surface area contributed by atoms with Crippen LogP contribution >= 0.6 is 29.5 Å².